The second-order valence-corrected chi connectivity index (χ2v) is 6.79. The van der Waals surface area contributed by atoms with E-state index in [0.29, 0.717) is 0 Å². The van der Waals surface area contributed by atoms with Gasteiger partial charge in [-0.05, 0) is 41.5 Å². The van der Waals surface area contributed by atoms with Gasteiger partial charge in [0.15, 0.2) is 12.1 Å². The first-order chi connectivity index (χ1) is 8.05. The summed E-state index contributed by atoms with van der Waals surface area (Å²) >= 11 is 0. The van der Waals surface area contributed by atoms with Gasteiger partial charge in [-0.15, -0.1) is 0 Å². The summed E-state index contributed by atoms with van der Waals surface area (Å²) in [4.78, 5) is 26.0. The summed E-state index contributed by atoms with van der Waals surface area (Å²) in [5.74, 6) is -0.439. The molecule has 2 unspecified atom stereocenters. The van der Waals surface area contributed by atoms with E-state index in [4.69, 9.17) is 0 Å². The van der Waals surface area contributed by atoms with Gasteiger partial charge in [0.2, 0.25) is 0 Å². The molecular weight excluding hydrogens is 232 g/mol. The third-order valence-electron chi connectivity index (χ3n) is 3.14. The molecule has 100 valence electrons. The summed E-state index contributed by atoms with van der Waals surface area (Å²) in [7, 11) is 0. The van der Waals surface area contributed by atoms with Crippen LogP contribution in [0.4, 0.5) is 0 Å². The van der Waals surface area contributed by atoms with E-state index in [-0.39, 0.29) is 17.4 Å². The van der Waals surface area contributed by atoms with Crippen molar-refractivity contribution in [3.63, 3.8) is 0 Å². The van der Waals surface area contributed by atoms with Crippen LogP contribution in [0.5, 0.6) is 0 Å². The van der Waals surface area contributed by atoms with E-state index in [2.05, 4.69) is 10.3 Å². The highest BCUT2D eigenvalue weighted by Gasteiger charge is 2.58. The van der Waals surface area contributed by atoms with E-state index in [9.17, 15) is 9.59 Å². The van der Waals surface area contributed by atoms with Crippen LogP contribution in [-0.4, -0.2) is 44.9 Å². The molecule has 0 radical (unpaired) electrons. The molecule has 0 spiro atoms. The van der Waals surface area contributed by atoms with Crippen LogP contribution in [-0.2, 0) is 9.59 Å². The van der Waals surface area contributed by atoms with Crippen molar-refractivity contribution < 1.29 is 9.59 Å². The Hall–Kier alpha value is -1.46. The lowest BCUT2D eigenvalue weighted by atomic mass is 10.0. The second-order valence-electron chi connectivity index (χ2n) is 6.79. The molecule has 2 amide bonds. The lowest BCUT2D eigenvalue weighted by Gasteiger charge is -2.34. The number of hydrogen-bond donors (Lipinski definition) is 0. The van der Waals surface area contributed by atoms with Crippen LogP contribution in [0.3, 0.4) is 0 Å². The molecule has 0 N–H and O–H groups in total. The molecular formula is C12H20N4O2. The van der Waals surface area contributed by atoms with Crippen molar-refractivity contribution >= 4 is 11.8 Å². The van der Waals surface area contributed by atoms with Crippen LogP contribution in [0, 0.1) is 0 Å². The molecule has 2 rings (SSSR count). The molecule has 0 aromatic rings. The minimum Gasteiger partial charge on any atom is -0.273 e. The summed E-state index contributed by atoms with van der Waals surface area (Å²) in [6.45, 7) is 11.4. The van der Waals surface area contributed by atoms with Gasteiger partial charge < -0.3 is 0 Å². The van der Waals surface area contributed by atoms with Crippen molar-refractivity contribution in [3.8, 4) is 0 Å². The smallest absolute Gasteiger partial charge is 0.259 e. The van der Waals surface area contributed by atoms with Gasteiger partial charge in [-0.2, -0.15) is 5.11 Å². The highest BCUT2D eigenvalue weighted by Crippen LogP contribution is 2.35. The molecule has 2 atom stereocenters. The van der Waals surface area contributed by atoms with Gasteiger partial charge in [-0.1, -0.05) is 5.22 Å². The molecule has 2 aliphatic heterocycles. The van der Waals surface area contributed by atoms with Crippen molar-refractivity contribution in [2.24, 2.45) is 10.3 Å². The molecule has 0 aromatic carbocycles. The summed E-state index contributed by atoms with van der Waals surface area (Å²) in [6.07, 6.45) is 0. The minimum absolute atomic E-state index is 0.197. The predicted octanol–water partition coefficient (Wildman–Crippen LogP) is 1.37. The normalized spacial score (nSPS) is 28.3. The van der Waals surface area contributed by atoms with Crippen molar-refractivity contribution in [3.05, 3.63) is 0 Å². The van der Waals surface area contributed by atoms with Crippen molar-refractivity contribution in [1.29, 1.82) is 0 Å². The zero-order valence-corrected chi connectivity index (χ0v) is 11.8. The van der Waals surface area contributed by atoms with Gasteiger partial charge >= 0.3 is 0 Å². The molecule has 0 aromatic heterocycles. The average molecular weight is 252 g/mol. The molecule has 0 aliphatic carbocycles. The number of imide groups is 1. The Balaban J connectivity index is 2.38. The largest absolute Gasteiger partial charge is 0.273 e. The van der Waals surface area contributed by atoms with Crippen LogP contribution >= 0.6 is 0 Å². The average Bonchev–Trinajstić information content (AvgIpc) is 2.65. The Morgan fingerprint density at radius 2 is 1.50 bits per heavy atom. The van der Waals surface area contributed by atoms with Crippen molar-refractivity contribution in [2.45, 2.75) is 64.7 Å². The topological polar surface area (TPSA) is 65.3 Å². The molecule has 1 fully saturated rings. The Morgan fingerprint density at radius 3 is 1.94 bits per heavy atom. The Bertz CT molecular complexity index is 430. The van der Waals surface area contributed by atoms with E-state index >= 15 is 0 Å². The maximum absolute atomic E-state index is 12.4. The zero-order valence-electron chi connectivity index (χ0n) is 11.8. The fourth-order valence-corrected chi connectivity index (χ4v) is 2.37. The zero-order chi connectivity index (χ0) is 13.9. The molecule has 2 heterocycles. The first kappa shape index (κ1) is 13.0. The van der Waals surface area contributed by atoms with Crippen LogP contribution in [0.15, 0.2) is 10.3 Å². The Kier molecular flexibility index (Phi) is 2.54. The van der Waals surface area contributed by atoms with Gasteiger partial charge in [-0.25, -0.2) is 0 Å². The lowest BCUT2D eigenvalue weighted by molar-refractivity contribution is -0.146. The Morgan fingerprint density at radius 1 is 0.944 bits per heavy atom. The number of fused-ring (bicyclic) bond motifs is 1. The number of rotatable bonds is 0. The van der Waals surface area contributed by atoms with Gasteiger partial charge in [0.25, 0.3) is 11.8 Å². The van der Waals surface area contributed by atoms with Crippen LogP contribution in [0.25, 0.3) is 0 Å². The van der Waals surface area contributed by atoms with E-state index in [1.807, 2.05) is 41.5 Å². The van der Waals surface area contributed by atoms with Crippen LogP contribution < -0.4 is 0 Å². The maximum Gasteiger partial charge on any atom is 0.259 e. The van der Waals surface area contributed by atoms with Gasteiger partial charge in [-0.3, -0.25) is 19.5 Å². The summed E-state index contributed by atoms with van der Waals surface area (Å²) < 4.78 is 0. The fourth-order valence-electron chi connectivity index (χ4n) is 2.37. The highest BCUT2D eigenvalue weighted by atomic mass is 16.2. The van der Waals surface area contributed by atoms with Gasteiger partial charge in [0, 0.05) is 5.54 Å². The number of amides is 2. The van der Waals surface area contributed by atoms with Crippen molar-refractivity contribution in [2.75, 3.05) is 0 Å². The summed E-state index contributed by atoms with van der Waals surface area (Å²) in [6, 6.07) is -1.24. The summed E-state index contributed by atoms with van der Waals surface area (Å²) in [5.41, 5.74) is -0.843. The third-order valence-corrected chi connectivity index (χ3v) is 3.14. The standard InChI is InChI=1S/C12H20N4O2/c1-11(2,3)15-9(17)7-8(10(15)18)16(14-13-7)12(4,5)6/h7-8H,1-6H3. The lowest BCUT2D eigenvalue weighted by Crippen LogP contribution is -2.51. The maximum atomic E-state index is 12.4. The van der Waals surface area contributed by atoms with E-state index in [1.54, 1.807) is 5.01 Å². The molecule has 1 saturated heterocycles. The molecule has 6 heteroatoms. The van der Waals surface area contributed by atoms with Gasteiger partial charge in [0.1, 0.15) is 0 Å². The highest BCUT2D eigenvalue weighted by molar-refractivity contribution is 6.10. The predicted molar refractivity (Wildman–Crippen MR) is 65.6 cm³/mol. The molecule has 18 heavy (non-hydrogen) atoms. The number of hydrogen-bond acceptors (Lipinski definition) is 5. The third kappa shape index (κ3) is 1.71. The first-order valence-electron chi connectivity index (χ1n) is 6.13. The van der Waals surface area contributed by atoms with E-state index < -0.39 is 17.6 Å². The number of likely N-dealkylation sites (tertiary alicyclic amines) is 1. The van der Waals surface area contributed by atoms with Crippen molar-refractivity contribution in [1.82, 2.24) is 9.91 Å². The molecule has 0 saturated carbocycles. The first-order valence-corrected chi connectivity index (χ1v) is 6.13. The minimum atomic E-state index is -0.670. The van der Waals surface area contributed by atoms with Gasteiger partial charge in [0.05, 0.1) is 5.54 Å². The molecule has 6 nitrogen and oxygen atoms in total. The number of carbonyl (C=O) groups excluding carboxylic acids is 2. The number of nitrogens with zero attached hydrogens (tertiary/aromatic N) is 4. The monoisotopic (exact) mass is 252 g/mol. The Labute approximate surface area is 107 Å². The molecule has 0 bridgehead atoms. The van der Waals surface area contributed by atoms with E-state index in [1.165, 1.54) is 4.90 Å². The SMILES string of the molecule is CC(C)(C)N1C(=O)C2N=NN(C(C)(C)C)C2C1=O. The van der Waals surface area contributed by atoms with E-state index in [0.717, 1.165) is 0 Å². The fraction of sp³-hybridized carbons (Fsp3) is 0.833. The quantitative estimate of drug-likeness (QED) is 0.612. The molecule has 2 aliphatic rings. The summed E-state index contributed by atoms with van der Waals surface area (Å²) in [5, 5.41) is 9.62. The second kappa shape index (κ2) is 3.52. The van der Waals surface area contributed by atoms with Crippen LogP contribution in [0.1, 0.15) is 41.5 Å². The van der Waals surface area contributed by atoms with Crippen LogP contribution in [0.2, 0.25) is 0 Å². The number of carbonyl (C=O) groups is 2.